The van der Waals surface area contributed by atoms with E-state index in [0.717, 1.165) is 23.4 Å². The van der Waals surface area contributed by atoms with Crippen LogP contribution in [0.25, 0.3) is 0 Å². The molecule has 1 aliphatic heterocycles. The van der Waals surface area contributed by atoms with Crippen LogP contribution < -0.4 is 5.32 Å². The lowest BCUT2D eigenvalue weighted by atomic mass is 9.76. The third-order valence-corrected chi connectivity index (χ3v) is 5.20. The number of benzene rings is 2. The highest BCUT2D eigenvalue weighted by atomic mass is 35.5. The van der Waals surface area contributed by atoms with Gasteiger partial charge in [-0.05, 0) is 48.2 Å². The number of nitrogens with one attached hydrogen (secondary N) is 1. The summed E-state index contributed by atoms with van der Waals surface area (Å²) in [5, 5.41) is 12.8. The molecule has 0 radical (unpaired) electrons. The van der Waals surface area contributed by atoms with Crippen molar-refractivity contribution in [2.45, 2.75) is 18.4 Å². The van der Waals surface area contributed by atoms with E-state index in [2.05, 4.69) is 5.32 Å². The zero-order valence-electron chi connectivity index (χ0n) is 13.0. The SMILES string of the molecule is O=C(O)c1cc(F)c(C2Nc3ccc(Cl)cc3[C@@H]3C=CC[C@H]23)c(F)c1. The highest BCUT2D eigenvalue weighted by Crippen LogP contribution is 2.51. The van der Waals surface area contributed by atoms with Crippen molar-refractivity contribution >= 4 is 23.3 Å². The second-order valence-corrected chi connectivity index (χ2v) is 6.80. The lowest BCUT2D eigenvalue weighted by molar-refractivity contribution is 0.0695. The third kappa shape index (κ3) is 2.59. The van der Waals surface area contributed by atoms with Gasteiger partial charge < -0.3 is 10.4 Å². The Labute approximate surface area is 147 Å². The minimum Gasteiger partial charge on any atom is -0.478 e. The van der Waals surface area contributed by atoms with Crippen LogP contribution in [0.2, 0.25) is 5.02 Å². The summed E-state index contributed by atoms with van der Waals surface area (Å²) in [5.74, 6) is -3.11. The number of carboxylic acid groups (broad SMARTS) is 1. The van der Waals surface area contributed by atoms with E-state index in [9.17, 15) is 13.6 Å². The molecule has 0 spiro atoms. The van der Waals surface area contributed by atoms with Crippen molar-refractivity contribution in [3.63, 3.8) is 0 Å². The standard InChI is InChI=1S/C19H14ClF2NO2/c20-10-4-5-16-13(8-10)11-2-1-3-12(11)18(23-16)17-14(21)6-9(19(24)25)7-15(17)22/h1-2,4-8,11-12,18,23H,3H2,(H,24,25)/t11-,12+,18?/m1/s1. The Morgan fingerprint density at radius 3 is 2.60 bits per heavy atom. The summed E-state index contributed by atoms with van der Waals surface area (Å²) in [6, 6.07) is 6.55. The largest absolute Gasteiger partial charge is 0.478 e. The van der Waals surface area contributed by atoms with E-state index in [4.69, 9.17) is 16.7 Å². The molecule has 0 fully saturated rings. The molecule has 2 aliphatic rings. The van der Waals surface area contributed by atoms with Crippen molar-refractivity contribution in [3.05, 3.63) is 75.8 Å². The maximum atomic E-state index is 14.6. The Bertz CT molecular complexity index is 889. The van der Waals surface area contributed by atoms with Crippen molar-refractivity contribution in [2.75, 3.05) is 5.32 Å². The fourth-order valence-corrected chi connectivity index (χ4v) is 4.04. The van der Waals surface area contributed by atoms with Gasteiger partial charge in [-0.15, -0.1) is 0 Å². The van der Waals surface area contributed by atoms with E-state index in [-0.39, 0.29) is 17.4 Å². The fraction of sp³-hybridized carbons (Fsp3) is 0.211. The van der Waals surface area contributed by atoms with Crippen LogP contribution >= 0.6 is 11.6 Å². The second-order valence-electron chi connectivity index (χ2n) is 6.37. The van der Waals surface area contributed by atoms with Crippen LogP contribution in [0, 0.1) is 17.6 Å². The number of carboxylic acids is 1. The van der Waals surface area contributed by atoms with Gasteiger partial charge in [-0.1, -0.05) is 23.8 Å². The number of fused-ring (bicyclic) bond motifs is 3. The molecule has 1 heterocycles. The maximum absolute atomic E-state index is 14.6. The Kier molecular flexibility index (Phi) is 3.76. The van der Waals surface area contributed by atoms with Crippen molar-refractivity contribution in [1.29, 1.82) is 0 Å². The van der Waals surface area contributed by atoms with E-state index in [1.807, 2.05) is 18.2 Å². The Balaban J connectivity index is 1.82. The number of aromatic carboxylic acids is 1. The molecule has 0 amide bonds. The van der Waals surface area contributed by atoms with Gasteiger partial charge in [0.05, 0.1) is 11.6 Å². The lowest BCUT2D eigenvalue weighted by Crippen LogP contribution is -2.30. The number of carbonyl (C=O) groups is 1. The number of anilines is 1. The summed E-state index contributed by atoms with van der Waals surface area (Å²) in [6.45, 7) is 0. The molecule has 2 aromatic carbocycles. The number of hydrogen-bond acceptors (Lipinski definition) is 2. The molecule has 1 unspecified atom stereocenters. The molecule has 0 bridgehead atoms. The van der Waals surface area contributed by atoms with E-state index in [1.54, 1.807) is 12.1 Å². The summed E-state index contributed by atoms with van der Waals surface area (Å²) in [5.41, 5.74) is 1.26. The minimum absolute atomic E-state index is 0.0119. The summed E-state index contributed by atoms with van der Waals surface area (Å²) in [6.07, 6.45) is 4.71. The predicted molar refractivity (Wildman–Crippen MR) is 91.1 cm³/mol. The van der Waals surface area contributed by atoms with Gasteiger partial charge in [-0.25, -0.2) is 13.6 Å². The summed E-state index contributed by atoms with van der Waals surface area (Å²) in [4.78, 5) is 11.0. The summed E-state index contributed by atoms with van der Waals surface area (Å²) in [7, 11) is 0. The van der Waals surface area contributed by atoms with Gasteiger partial charge in [-0.3, -0.25) is 0 Å². The molecule has 6 heteroatoms. The first-order valence-corrected chi connectivity index (χ1v) is 8.28. The van der Waals surface area contributed by atoms with Gasteiger partial charge in [-0.2, -0.15) is 0 Å². The summed E-state index contributed by atoms with van der Waals surface area (Å²) < 4.78 is 29.1. The number of rotatable bonds is 2. The molecule has 25 heavy (non-hydrogen) atoms. The van der Waals surface area contributed by atoms with Crippen LogP contribution in [-0.2, 0) is 0 Å². The second kappa shape index (κ2) is 5.85. The zero-order valence-corrected chi connectivity index (χ0v) is 13.7. The molecule has 3 nitrogen and oxygen atoms in total. The molecule has 128 valence electrons. The van der Waals surface area contributed by atoms with Crippen molar-refractivity contribution < 1.29 is 18.7 Å². The third-order valence-electron chi connectivity index (χ3n) is 4.96. The van der Waals surface area contributed by atoms with Crippen LogP contribution in [0.4, 0.5) is 14.5 Å². The molecule has 4 rings (SSSR count). The van der Waals surface area contributed by atoms with Gasteiger partial charge in [0.15, 0.2) is 0 Å². The fourth-order valence-electron chi connectivity index (χ4n) is 3.86. The predicted octanol–water partition coefficient (Wildman–Crippen LogP) is 5.14. The highest BCUT2D eigenvalue weighted by molar-refractivity contribution is 6.30. The van der Waals surface area contributed by atoms with Gasteiger partial charge in [0.25, 0.3) is 0 Å². The molecule has 2 N–H and O–H groups in total. The number of halogens is 3. The molecule has 1 aliphatic carbocycles. The lowest BCUT2D eigenvalue weighted by Gasteiger charge is -2.37. The smallest absolute Gasteiger partial charge is 0.335 e. The molecule has 2 aromatic rings. The van der Waals surface area contributed by atoms with Crippen molar-refractivity contribution in [1.82, 2.24) is 0 Å². The van der Waals surface area contributed by atoms with Gasteiger partial charge in [0.1, 0.15) is 11.6 Å². The van der Waals surface area contributed by atoms with Crippen LogP contribution in [-0.4, -0.2) is 11.1 Å². The first kappa shape index (κ1) is 16.1. The van der Waals surface area contributed by atoms with E-state index >= 15 is 0 Å². The summed E-state index contributed by atoms with van der Waals surface area (Å²) >= 11 is 6.09. The molecule has 0 saturated heterocycles. The van der Waals surface area contributed by atoms with E-state index < -0.39 is 29.2 Å². The molecule has 3 atom stereocenters. The van der Waals surface area contributed by atoms with Gasteiger partial charge >= 0.3 is 5.97 Å². The Morgan fingerprint density at radius 2 is 1.92 bits per heavy atom. The molecular formula is C19H14ClF2NO2. The Morgan fingerprint density at radius 1 is 1.20 bits per heavy atom. The molecular weight excluding hydrogens is 348 g/mol. The van der Waals surface area contributed by atoms with Crippen LogP contribution in [0.3, 0.4) is 0 Å². The van der Waals surface area contributed by atoms with E-state index in [1.165, 1.54) is 0 Å². The quantitative estimate of drug-likeness (QED) is 0.728. The highest BCUT2D eigenvalue weighted by Gasteiger charge is 2.40. The monoisotopic (exact) mass is 361 g/mol. The van der Waals surface area contributed by atoms with Gasteiger partial charge in [0, 0.05) is 22.2 Å². The van der Waals surface area contributed by atoms with Crippen LogP contribution in [0.5, 0.6) is 0 Å². The maximum Gasteiger partial charge on any atom is 0.335 e. The minimum atomic E-state index is -1.36. The topological polar surface area (TPSA) is 49.3 Å². The van der Waals surface area contributed by atoms with Gasteiger partial charge in [0.2, 0.25) is 0 Å². The van der Waals surface area contributed by atoms with Crippen LogP contribution in [0.15, 0.2) is 42.5 Å². The zero-order chi connectivity index (χ0) is 17.7. The van der Waals surface area contributed by atoms with Crippen LogP contribution in [0.1, 0.15) is 39.9 Å². The average Bonchev–Trinajstić information content (AvgIpc) is 3.04. The first-order valence-electron chi connectivity index (χ1n) is 7.90. The first-order chi connectivity index (χ1) is 12.0. The van der Waals surface area contributed by atoms with Crippen molar-refractivity contribution in [3.8, 4) is 0 Å². The number of hydrogen-bond donors (Lipinski definition) is 2. The molecule has 0 saturated carbocycles. The number of allylic oxidation sites excluding steroid dienone is 2. The normalized spacial score (nSPS) is 23.7. The van der Waals surface area contributed by atoms with Crippen molar-refractivity contribution in [2.24, 2.45) is 5.92 Å². The average molecular weight is 362 g/mol. The van der Waals surface area contributed by atoms with E-state index in [0.29, 0.717) is 11.4 Å². The Hall–Kier alpha value is -2.40. The molecule has 0 aromatic heterocycles.